The highest BCUT2D eigenvalue weighted by atomic mass is 16.2. The number of H-pyrrole nitrogens is 1. The maximum absolute atomic E-state index is 12.3. The standard InChI is InChI=1S/C18H25N5O3/c1-4-11(2)17(18-21-13-7-5-6-8-14(13)22-18)23-16(26)10-20-15(25)9-19-12(3)24/h5-8,11,17H,4,9-10H2,1-3H3,(H,19,24)(H,20,25)(H,21,22)(H,23,26). The van der Waals surface area contributed by atoms with Crippen molar-refractivity contribution in [2.45, 2.75) is 33.2 Å². The third-order valence-corrected chi connectivity index (χ3v) is 4.18. The zero-order chi connectivity index (χ0) is 19.1. The fraction of sp³-hybridized carbons (Fsp3) is 0.444. The van der Waals surface area contributed by atoms with Crippen molar-refractivity contribution < 1.29 is 14.4 Å². The summed E-state index contributed by atoms with van der Waals surface area (Å²) in [5.74, 6) is -0.175. The van der Waals surface area contributed by atoms with Crippen molar-refractivity contribution in [3.8, 4) is 0 Å². The molecule has 8 nitrogen and oxygen atoms in total. The predicted octanol–water partition coefficient (Wildman–Crippen LogP) is 1.02. The van der Waals surface area contributed by atoms with Crippen molar-refractivity contribution >= 4 is 28.8 Å². The van der Waals surface area contributed by atoms with E-state index in [1.54, 1.807) is 0 Å². The molecule has 0 fully saturated rings. The van der Waals surface area contributed by atoms with Gasteiger partial charge in [-0.3, -0.25) is 14.4 Å². The highest BCUT2D eigenvalue weighted by Gasteiger charge is 2.23. The monoisotopic (exact) mass is 359 g/mol. The Hall–Kier alpha value is -2.90. The first kappa shape index (κ1) is 19.4. The van der Waals surface area contributed by atoms with Crippen molar-refractivity contribution in [2.75, 3.05) is 13.1 Å². The fourth-order valence-corrected chi connectivity index (χ4v) is 2.51. The molecule has 1 aromatic carbocycles. The molecule has 0 aliphatic carbocycles. The van der Waals surface area contributed by atoms with E-state index in [0.717, 1.165) is 17.5 Å². The molecule has 0 bridgehead atoms. The van der Waals surface area contributed by atoms with E-state index in [2.05, 4.69) is 25.9 Å². The number of nitrogens with zero attached hydrogens (tertiary/aromatic N) is 1. The topological polar surface area (TPSA) is 116 Å². The zero-order valence-corrected chi connectivity index (χ0v) is 15.3. The van der Waals surface area contributed by atoms with Crippen LogP contribution in [0.25, 0.3) is 11.0 Å². The van der Waals surface area contributed by atoms with E-state index in [0.29, 0.717) is 5.82 Å². The molecule has 3 amide bonds. The fourth-order valence-electron chi connectivity index (χ4n) is 2.51. The molecule has 2 rings (SSSR count). The number of amides is 3. The lowest BCUT2D eigenvalue weighted by molar-refractivity contribution is -0.127. The van der Waals surface area contributed by atoms with E-state index in [1.807, 2.05) is 38.1 Å². The average molecular weight is 359 g/mol. The van der Waals surface area contributed by atoms with Gasteiger partial charge in [-0.1, -0.05) is 32.4 Å². The second-order valence-electron chi connectivity index (χ2n) is 6.26. The lowest BCUT2D eigenvalue weighted by atomic mass is 9.98. The van der Waals surface area contributed by atoms with Crippen molar-refractivity contribution in [3.63, 3.8) is 0 Å². The van der Waals surface area contributed by atoms with Crippen LogP contribution in [0.2, 0.25) is 0 Å². The van der Waals surface area contributed by atoms with Crippen molar-refractivity contribution in [1.82, 2.24) is 25.9 Å². The Morgan fingerprint density at radius 3 is 2.46 bits per heavy atom. The second kappa shape index (κ2) is 8.98. The Kier molecular flexibility index (Phi) is 6.71. The van der Waals surface area contributed by atoms with Gasteiger partial charge < -0.3 is 20.9 Å². The summed E-state index contributed by atoms with van der Waals surface area (Å²) in [5, 5.41) is 7.79. The van der Waals surface area contributed by atoms with E-state index < -0.39 is 5.91 Å². The van der Waals surface area contributed by atoms with Gasteiger partial charge in [0.1, 0.15) is 5.82 Å². The molecule has 1 aromatic heterocycles. The van der Waals surface area contributed by atoms with Crippen LogP contribution in [0.1, 0.15) is 39.1 Å². The minimum absolute atomic E-state index is 0.152. The molecule has 0 saturated heterocycles. The molecule has 8 heteroatoms. The van der Waals surface area contributed by atoms with Crippen molar-refractivity contribution in [1.29, 1.82) is 0 Å². The van der Waals surface area contributed by atoms with E-state index in [4.69, 9.17) is 0 Å². The third-order valence-electron chi connectivity index (χ3n) is 4.18. The van der Waals surface area contributed by atoms with Gasteiger partial charge in [-0.2, -0.15) is 0 Å². The number of para-hydroxylation sites is 2. The van der Waals surface area contributed by atoms with Crippen LogP contribution in [0.5, 0.6) is 0 Å². The number of aromatic amines is 1. The summed E-state index contributed by atoms with van der Waals surface area (Å²) < 4.78 is 0. The summed E-state index contributed by atoms with van der Waals surface area (Å²) in [7, 11) is 0. The molecule has 2 aromatic rings. The largest absolute Gasteiger partial charge is 0.347 e. The molecule has 2 unspecified atom stereocenters. The molecule has 1 heterocycles. The number of carbonyl (C=O) groups excluding carboxylic acids is 3. The number of hydrogen-bond acceptors (Lipinski definition) is 4. The highest BCUT2D eigenvalue weighted by molar-refractivity contribution is 5.87. The molecule has 0 aliphatic rings. The van der Waals surface area contributed by atoms with Crippen LogP contribution in [-0.4, -0.2) is 40.8 Å². The van der Waals surface area contributed by atoms with Gasteiger partial charge in [0.05, 0.1) is 30.2 Å². The Balaban J connectivity index is 2.00. The molecule has 0 radical (unpaired) electrons. The first-order valence-corrected chi connectivity index (χ1v) is 8.65. The second-order valence-corrected chi connectivity index (χ2v) is 6.26. The van der Waals surface area contributed by atoms with Crippen LogP contribution < -0.4 is 16.0 Å². The molecule has 0 saturated carbocycles. The predicted molar refractivity (Wildman–Crippen MR) is 98.1 cm³/mol. The molecular weight excluding hydrogens is 334 g/mol. The van der Waals surface area contributed by atoms with Crippen LogP contribution in [0.15, 0.2) is 24.3 Å². The summed E-state index contributed by atoms with van der Waals surface area (Å²) >= 11 is 0. The molecule has 140 valence electrons. The average Bonchev–Trinajstić information content (AvgIpc) is 3.05. The first-order chi connectivity index (χ1) is 12.4. The van der Waals surface area contributed by atoms with Crippen LogP contribution in [0, 0.1) is 5.92 Å². The van der Waals surface area contributed by atoms with Crippen molar-refractivity contribution in [2.24, 2.45) is 5.92 Å². The quantitative estimate of drug-likeness (QED) is 0.563. The van der Waals surface area contributed by atoms with Gasteiger partial charge in [0.25, 0.3) is 0 Å². The number of imidazole rings is 1. The summed E-state index contributed by atoms with van der Waals surface area (Å²) in [6.45, 7) is 5.09. The Bertz CT molecular complexity index is 753. The number of hydrogen-bond donors (Lipinski definition) is 4. The van der Waals surface area contributed by atoms with E-state index in [9.17, 15) is 14.4 Å². The summed E-state index contributed by atoms with van der Waals surface area (Å²) in [6, 6.07) is 7.39. The molecule has 26 heavy (non-hydrogen) atoms. The Morgan fingerprint density at radius 2 is 1.81 bits per heavy atom. The van der Waals surface area contributed by atoms with E-state index >= 15 is 0 Å². The number of carbonyl (C=O) groups is 3. The lowest BCUT2D eigenvalue weighted by Crippen LogP contribution is -2.43. The van der Waals surface area contributed by atoms with E-state index in [1.165, 1.54) is 6.92 Å². The molecule has 4 N–H and O–H groups in total. The number of nitrogens with one attached hydrogen (secondary N) is 4. The number of rotatable bonds is 8. The third kappa shape index (κ3) is 5.30. The smallest absolute Gasteiger partial charge is 0.239 e. The molecule has 0 aliphatic heterocycles. The van der Waals surface area contributed by atoms with Gasteiger partial charge >= 0.3 is 0 Å². The van der Waals surface area contributed by atoms with Crippen molar-refractivity contribution in [3.05, 3.63) is 30.1 Å². The summed E-state index contributed by atoms with van der Waals surface area (Å²) in [4.78, 5) is 42.5. The normalized spacial score (nSPS) is 13.0. The minimum atomic E-state index is -0.417. The zero-order valence-electron chi connectivity index (χ0n) is 15.3. The first-order valence-electron chi connectivity index (χ1n) is 8.65. The maximum Gasteiger partial charge on any atom is 0.239 e. The molecule has 0 spiro atoms. The Morgan fingerprint density at radius 1 is 1.12 bits per heavy atom. The van der Waals surface area contributed by atoms with E-state index in [-0.39, 0.29) is 36.9 Å². The number of aromatic nitrogens is 2. The SMILES string of the molecule is CCC(C)C(NC(=O)CNC(=O)CNC(C)=O)c1nc2ccccc2[nH]1. The summed E-state index contributed by atoms with van der Waals surface area (Å²) in [6.07, 6.45) is 0.858. The maximum atomic E-state index is 12.3. The van der Waals surface area contributed by atoms with Crippen LogP contribution in [0.3, 0.4) is 0 Å². The van der Waals surface area contributed by atoms with Gasteiger partial charge in [0.2, 0.25) is 17.7 Å². The molecular formula is C18H25N5O3. The van der Waals surface area contributed by atoms with Gasteiger partial charge in [0.15, 0.2) is 0 Å². The lowest BCUT2D eigenvalue weighted by Gasteiger charge is -2.22. The van der Waals surface area contributed by atoms with Crippen LogP contribution >= 0.6 is 0 Å². The van der Waals surface area contributed by atoms with Gasteiger partial charge in [0, 0.05) is 6.92 Å². The van der Waals surface area contributed by atoms with Gasteiger partial charge in [-0.05, 0) is 18.1 Å². The van der Waals surface area contributed by atoms with Gasteiger partial charge in [-0.25, -0.2) is 4.98 Å². The van der Waals surface area contributed by atoms with Crippen LogP contribution in [-0.2, 0) is 14.4 Å². The van der Waals surface area contributed by atoms with Gasteiger partial charge in [-0.15, -0.1) is 0 Å². The van der Waals surface area contributed by atoms with Crippen LogP contribution in [0.4, 0.5) is 0 Å². The number of benzene rings is 1. The molecule has 2 atom stereocenters. The minimum Gasteiger partial charge on any atom is -0.347 e. The summed E-state index contributed by atoms with van der Waals surface area (Å²) in [5.41, 5.74) is 1.75. The number of fused-ring (bicyclic) bond motifs is 1. The Labute approximate surface area is 152 Å². The highest BCUT2D eigenvalue weighted by Crippen LogP contribution is 2.24.